The molecule has 3 aromatic rings. The van der Waals surface area contributed by atoms with E-state index in [2.05, 4.69) is 32.2 Å². The number of carbonyl (C=O) groups is 3. The number of anilines is 1. The normalized spacial score (nSPS) is 27.4. The number of amides is 4. The van der Waals surface area contributed by atoms with Gasteiger partial charge in [0, 0.05) is 19.5 Å². The molecule has 0 saturated carbocycles. The first-order chi connectivity index (χ1) is 19.1. The largest absolute Gasteiger partial charge is 0.372 e. The van der Waals surface area contributed by atoms with Gasteiger partial charge in [0.2, 0.25) is 11.5 Å². The highest BCUT2D eigenvalue weighted by atomic mass is 35.5. The van der Waals surface area contributed by atoms with Gasteiger partial charge in [-0.15, -0.1) is 0 Å². The fourth-order valence-corrected chi connectivity index (χ4v) is 6.42. The fraction of sp³-hybridized carbons (Fsp3) is 0.385. The highest BCUT2D eigenvalue weighted by molar-refractivity contribution is 6.38. The molecule has 3 aliphatic heterocycles. The molecule has 1 spiro atoms. The topological polar surface area (TPSA) is 183 Å². The molecule has 5 atom stereocenters. The highest BCUT2D eigenvalue weighted by Crippen LogP contribution is 2.51. The van der Waals surface area contributed by atoms with Crippen molar-refractivity contribution >= 4 is 46.2 Å². The van der Waals surface area contributed by atoms with Crippen LogP contribution < -0.4 is 20.9 Å². The van der Waals surface area contributed by atoms with Gasteiger partial charge in [-0.25, -0.2) is 9.78 Å². The van der Waals surface area contributed by atoms with E-state index in [9.17, 15) is 19.5 Å². The number of rotatable bonds is 3. The number of aromatic nitrogens is 2. The van der Waals surface area contributed by atoms with Gasteiger partial charge in [0.25, 0.3) is 5.91 Å². The van der Waals surface area contributed by atoms with Crippen LogP contribution in [0.3, 0.4) is 0 Å². The number of hydrogen-bond acceptors (Lipinski definition) is 10. The van der Waals surface area contributed by atoms with Crippen molar-refractivity contribution in [2.45, 2.75) is 51.3 Å². The molecule has 13 nitrogen and oxygen atoms in total. The Balaban J connectivity index is 1.42. The summed E-state index contributed by atoms with van der Waals surface area (Å²) >= 11 is 6.87. The lowest BCUT2D eigenvalue weighted by atomic mass is 9.67. The molecule has 0 bridgehead atoms. The van der Waals surface area contributed by atoms with E-state index >= 15 is 0 Å². The smallest absolute Gasteiger partial charge is 0.323 e. The van der Waals surface area contributed by atoms with Crippen LogP contribution >= 0.6 is 11.6 Å². The Hall–Kier alpha value is -4.25. The minimum atomic E-state index is -1.56. The minimum absolute atomic E-state index is 0.0877. The molecule has 2 unspecified atom stereocenters. The molecule has 2 fully saturated rings. The van der Waals surface area contributed by atoms with Gasteiger partial charge in [-0.2, -0.15) is 5.26 Å². The standard InChI is InChI=1S/C26H24ClN7O6/c1-11-10-34-19-15(7-26(21(34)12(2)39-11)23(36)31-25(38)32-24(26)37)30-17-18(33-40-20(17)16(19)27)22(35)29-9-14-5-3-4-13(6-14)8-28/h3-6,11-12,21,23,36H,7,9-10H2,1-2H3,(H,29,35)(H2,31,32,37,38)/t11-,12+,21-,23?,26?/m1/s1. The fourth-order valence-electron chi connectivity index (χ4n) is 6.08. The van der Waals surface area contributed by atoms with Crippen molar-refractivity contribution < 1.29 is 28.8 Å². The van der Waals surface area contributed by atoms with Crippen LogP contribution in [0.2, 0.25) is 5.02 Å². The monoisotopic (exact) mass is 565 g/mol. The van der Waals surface area contributed by atoms with E-state index in [4.69, 9.17) is 26.1 Å². The van der Waals surface area contributed by atoms with Crippen molar-refractivity contribution in [1.82, 2.24) is 26.1 Å². The number of ether oxygens (including phenoxy) is 1. The summed E-state index contributed by atoms with van der Waals surface area (Å²) in [7, 11) is 0. The Labute approximate surface area is 232 Å². The van der Waals surface area contributed by atoms with Crippen LogP contribution in [0.1, 0.15) is 41.2 Å². The zero-order valence-electron chi connectivity index (χ0n) is 21.4. The Morgan fingerprint density at radius 1 is 1.38 bits per heavy atom. The van der Waals surface area contributed by atoms with Crippen LogP contribution in [-0.2, 0) is 22.5 Å². The summed E-state index contributed by atoms with van der Waals surface area (Å²) in [6.45, 7) is 4.10. The lowest BCUT2D eigenvalue weighted by Crippen LogP contribution is -2.76. The number of aliphatic hydroxyl groups excluding tert-OH is 1. The van der Waals surface area contributed by atoms with E-state index in [0.29, 0.717) is 29.1 Å². The number of halogens is 1. The highest BCUT2D eigenvalue weighted by Gasteiger charge is 2.63. The van der Waals surface area contributed by atoms with Gasteiger partial charge in [-0.05, 0) is 31.5 Å². The van der Waals surface area contributed by atoms with E-state index in [0.717, 1.165) is 0 Å². The minimum Gasteiger partial charge on any atom is -0.372 e. The number of morpholine rings is 1. The van der Waals surface area contributed by atoms with E-state index in [1.165, 1.54) is 0 Å². The summed E-state index contributed by atoms with van der Waals surface area (Å²) in [5.41, 5.74) is 0.507. The lowest BCUT2D eigenvalue weighted by molar-refractivity contribution is -0.155. The van der Waals surface area contributed by atoms with Crippen LogP contribution in [0.4, 0.5) is 10.5 Å². The predicted octanol–water partition coefficient (Wildman–Crippen LogP) is 1.36. The second-order valence-corrected chi connectivity index (χ2v) is 10.6. The first-order valence-corrected chi connectivity index (χ1v) is 13.0. The zero-order valence-corrected chi connectivity index (χ0v) is 22.2. The van der Waals surface area contributed by atoms with Crippen LogP contribution in [0, 0.1) is 16.7 Å². The average molecular weight is 566 g/mol. The molecule has 6 rings (SSSR count). The molecule has 4 N–H and O–H groups in total. The Kier molecular flexibility index (Phi) is 6.14. The first-order valence-electron chi connectivity index (χ1n) is 12.6. The second-order valence-electron chi connectivity index (χ2n) is 10.2. The zero-order chi connectivity index (χ0) is 28.3. The molecule has 14 heteroatoms. The number of hydrogen-bond donors (Lipinski definition) is 4. The summed E-state index contributed by atoms with van der Waals surface area (Å²) in [5.74, 6) is -1.25. The van der Waals surface area contributed by atoms with Crippen LogP contribution in [-0.4, -0.2) is 64.1 Å². The summed E-state index contributed by atoms with van der Waals surface area (Å²) in [4.78, 5) is 45.1. The first kappa shape index (κ1) is 26.0. The molecule has 5 heterocycles. The molecule has 0 aliphatic carbocycles. The number of urea groups is 1. The van der Waals surface area contributed by atoms with Crippen LogP contribution in [0.5, 0.6) is 0 Å². The second kappa shape index (κ2) is 9.44. The van der Waals surface area contributed by atoms with Crippen molar-refractivity contribution in [2.75, 3.05) is 11.4 Å². The molecule has 3 aliphatic rings. The number of nitriles is 1. The third-order valence-electron chi connectivity index (χ3n) is 7.68. The molecule has 206 valence electrons. The molecule has 1 aromatic carbocycles. The Morgan fingerprint density at radius 2 is 2.17 bits per heavy atom. The molecule has 2 saturated heterocycles. The number of pyridine rings is 1. The van der Waals surface area contributed by atoms with Gasteiger partial charge >= 0.3 is 6.03 Å². The van der Waals surface area contributed by atoms with Gasteiger partial charge in [-0.3, -0.25) is 14.9 Å². The molecular formula is C26H24ClN7O6. The molecule has 40 heavy (non-hydrogen) atoms. The van der Waals surface area contributed by atoms with Crippen molar-refractivity contribution in [3.05, 3.63) is 51.8 Å². The maximum atomic E-state index is 13.4. The number of aliphatic hydroxyl groups is 1. The number of nitrogens with one attached hydrogen (secondary N) is 3. The average Bonchev–Trinajstić information content (AvgIpc) is 3.34. The quantitative estimate of drug-likeness (QED) is 0.361. The van der Waals surface area contributed by atoms with Crippen molar-refractivity contribution in [3.63, 3.8) is 0 Å². The number of fused-ring (bicyclic) bond motifs is 5. The Bertz CT molecular complexity index is 1620. The molecular weight excluding hydrogens is 542 g/mol. The van der Waals surface area contributed by atoms with E-state index in [1.54, 1.807) is 31.2 Å². The molecule has 0 radical (unpaired) electrons. The van der Waals surface area contributed by atoms with Gasteiger partial charge in [-0.1, -0.05) is 28.9 Å². The third-order valence-corrected chi connectivity index (χ3v) is 8.03. The predicted molar refractivity (Wildman–Crippen MR) is 139 cm³/mol. The Morgan fingerprint density at radius 3 is 2.92 bits per heavy atom. The van der Waals surface area contributed by atoms with Crippen molar-refractivity contribution in [2.24, 2.45) is 5.41 Å². The van der Waals surface area contributed by atoms with Crippen molar-refractivity contribution in [1.29, 1.82) is 5.26 Å². The number of imide groups is 1. The van der Waals surface area contributed by atoms with Crippen molar-refractivity contribution in [3.8, 4) is 6.07 Å². The summed E-state index contributed by atoms with van der Waals surface area (Å²) < 4.78 is 11.5. The maximum absolute atomic E-state index is 13.4. The third kappa shape index (κ3) is 3.87. The van der Waals surface area contributed by atoms with E-state index in [1.807, 2.05) is 11.8 Å². The molecule has 4 amide bonds. The van der Waals surface area contributed by atoms with Crippen LogP contribution in [0.25, 0.3) is 11.1 Å². The summed E-state index contributed by atoms with van der Waals surface area (Å²) in [5, 5.41) is 31.8. The van der Waals surface area contributed by atoms with Gasteiger partial charge in [0.05, 0.1) is 41.3 Å². The van der Waals surface area contributed by atoms with Gasteiger partial charge in [0.15, 0.2) is 5.69 Å². The number of nitrogens with zero attached hydrogens (tertiary/aromatic N) is 4. The maximum Gasteiger partial charge on any atom is 0.323 e. The SMILES string of the molecule is C[C@@H]1CN2c3c(nc4c(C(=O)NCc5cccc(C#N)c5)noc4c3Cl)CC3(C(=O)NC(=O)NC3O)[C@H]2[C@H](C)O1. The van der Waals surface area contributed by atoms with Gasteiger partial charge < -0.3 is 29.9 Å². The van der Waals surface area contributed by atoms with E-state index in [-0.39, 0.29) is 40.9 Å². The summed E-state index contributed by atoms with van der Waals surface area (Å²) in [6, 6.07) is 7.34. The van der Waals surface area contributed by atoms with E-state index < -0.39 is 41.6 Å². The van der Waals surface area contributed by atoms with Crippen LogP contribution in [0.15, 0.2) is 28.8 Å². The lowest BCUT2D eigenvalue weighted by Gasteiger charge is -2.57. The van der Waals surface area contributed by atoms with Gasteiger partial charge in [0.1, 0.15) is 22.2 Å². The number of carbonyl (C=O) groups excluding carboxylic acids is 3. The summed E-state index contributed by atoms with van der Waals surface area (Å²) in [6.07, 6.45) is -2.44. The molecule has 2 aromatic heterocycles. The number of benzene rings is 1.